The van der Waals surface area contributed by atoms with E-state index in [0.29, 0.717) is 12.6 Å². The lowest BCUT2D eigenvalue weighted by atomic mass is 9.94. The van der Waals surface area contributed by atoms with E-state index in [1.807, 2.05) is 40.8 Å². The van der Waals surface area contributed by atoms with Gasteiger partial charge in [-0.15, -0.1) is 0 Å². The fourth-order valence-corrected chi connectivity index (χ4v) is 3.74. The molecule has 0 aliphatic carbocycles. The van der Waals surface area contributed by atoms with Crippen LogP contribution in [0.4, 0.5) is 0 Å². The number of carbonyl (C=O) groups excluding carboxylic acids is 1. The summed E-state index contributed by atoms with van der Waals surface area (Å²) in [5.74, 6) is 0.111. The zero-order valence-corrected chi connectivity index (χ0v) is 15.3. The van der Waals surface area contributed by atoms with Crippen molar-refractivity contribution in [1.29, 1.82) is 0 Å². The van der Waals surface area contributed by atoms with E-state index in [4.69, 9.17) is 0 Å². The summed E-state index contributed by atoms with van der Waals surface area (Å²) in [6.07, 6.45) is 2.73. The van der Waals surface area contributed by atoms with Crippen LogP contribution in [0.2, 0.25) is 0 Å². The highest BCUT2D eigenvalue weighted by molar-refractivity contribution is 5.80. The Balaban J connectivity index is 1.43. The summed E-state index contributed by atoms with van der Waals surface area (Å²) in [6.45, 7) is 2.00. The van der Waals surface area contributed by atoms with E-state index >= 15 is 0 Å². The average Bonchev–Trinajstić information content (AvgIpc) is 3.05. The molecule has 0 spiro atoms. The summed E-state index contributed by atoms with van der Waals surface area (Å²) in [4.78, 5) is 21.3. The smallest absolute Gasteiger partial charge is 0.242 e. The molecule has 1 amide bonds. The zero-order valence-electron chi connectivity index (χ0n) is 15.3. The number of imidazole rings is 1. The number of amides is 1. The van der Waals surface area contributed by atoms with Gasteiger partial charge in [0.15, 0.2) is 0 Å². The van der Waals surface area contributed by atoms with Crippen molar-refractivity contribution in [3.8, 4) is 0 Å². The minimum absolute atomic E-state index is 0.111. The third-order valence-electron chi connectivity index (χ3n) is 5.36. The maximum absolute atomic E-state index is 12.7. The monoisotopic (exact) mass is 348 g/mol. The largest absolute Gasteiger partial charge is 0.343 e. The van der Waals surface area contributed by atoms with Gasteiger partial charge >= 0.3 is 0 Å². The summed E-state index contributed by atoms with van der Waals surface area (Å²) in [7, 11) is 4.04. The highest BCUT2D eigenvalue weighted by atomic mass is 16.2. The van der Waals surface area contributed by atoms with Gasteiger partial charge in [-0.05, 0) is 36.7 Å². The molecule has 5 heteroatoms. The lowest BCUT2D eigenvalue weighted by Gasteiger charge is -2.36. The molecule has 0 saturated carbocycles. The molecule has 1 aromatic heterocycles. The first-order valence-corrected chi connectivity index (χ1v) is 9.02. The van der Waals surface area contributed by atoms with Gasteiger partial charge < -0.3 is 9.47 Å². The van der Waals surface area contributed by atoms with Gasteiger partial charge in [-0.25, -0.2) is 4.98 Å². The summed E-state index contributed by atoms with van der Waals surface area (Å²) in [6, 6.07) is 16.8. The van der Waals surface area contributed by atoms with Gasteiger partial charge in [-0.1, -0.05) is 36.4 Å². The number of nitrogens with zero attached hydrogens (tertiary/aromatic N) is 4. The lowest BCUT2D eigenvalue weighted by molar-refractivity contribution is -0.131. The van der Waals surface area contributed by atoms with Crippen LogP contribution in [0.25, 0.3) is 11.0 Å². The first-order valence-electron chi connectivity index (χ1n) is 9.02. The third-order valence-corrected chi connectivity index (χ3v) is 5.36. The molecule has 1 aliphatic rings. The minimum atomic E-state index is 0.111. The first-order chi connectivity index (χ1) is 12.6. The molecule has 26 heavy (non-hydrogen) atoms. The van der Waals surface area contributed by atoms with E-state index in [0.717, 1.165) is 30.5 Å². The highest BCUT2D eigenvalue weighted by Crippen LogP contribution is 2.22. The molecule has 2 aromatic carbocycles. The second kappa shape index (κ2) is 6.92. The summed E-state index contributed by atoms with van der Waals surface area (Å²) in [5, 5.41) is 0. The predicted octanol–water partition coefficient (Wildman–Crippen LogP) is 2.55. The molecule has 0 bridgehead atoms. The molecule has 0 unspecified atom stereocenters. The van der Waals surface area contributed by atoms with E-state index in [1.54, 1.807) is 6.33 Å². The Hall–Kier alpha value is -2.66. The number of benzene rings is 2. The summed E-state index contributed by atoms with van der Waals surface area (Å²) >= 11 is 0. The van der Waals surface area contributed by atoms with Gasteiger partial charge in [-0.2, -0.15) is 0 Å². The maximum atomic E-state index is 12.7. The van der Waals surface area contributed by atoms with Crippen molar-refractivity contribution in [2.24, 2.45) is 0 Å². The standard InChI is InChI=1S/C21H24N4O/c1-23-12-17-8-4-3-7-16(17)11-18(23)13-24(2)21(26)14-25-15-22-19-9-5-6-10-20(19)25/h3-10,15,18H,11-14H2,1-2H3/t18-/m0/s1. The van der Waals surface area contributed by atoms with E-state index in [9.17, 15) is 4.79 Å². The number of fused-ring (bicyclic) bond motifs is 2. The van der Waals surface area contributed by atoms with Gasteiger partial charge in [0.05, 0.1) is 17.4 Å². The quantitative estimate of drug-likeness (QED) is 0.728. The normalized spacial score (nSPS) is 17.2. The van der Waals surface area contributed by atoms with Crippen molar-refractivity contribution in [3.63, 3.8) is 0 Å². The van der Waals surface area contributed by atoms with Crippen molar-refractivity contribution < 1.29 is 4.79 Å². The predicted molar refractivity (Wildman–Crippen MR) is 103 cm³/mol. The van der Waals surface area contributed by atoms with Crippen LogP contribution in [-0.4, -0.2) is 51.9 Å². The molecule has 1 aliphatic heterocycles. The Kier molecular flexibility index (Phi) is 4.47. The molecular formula is C21H24N4O. The molecule has 0 fully saturated rings. The topological polar surface area (TPSA) is 41.4 Å². The number of carbonyl (C=O) groups is 1. The first kappa shape index (κ1) is 16.8. The van der Waals surface area contributed by atoms with Gasteiger partial charge in [0.25, 0.3) is 0 Å². The van der Waals surface area contributed by atoms with E-state index in [2.05, 4.69) is 41.2 Å². The second-order valence-corrected chi connectivity index (χ2v) is 7.18. The van der Waals surface area contributed by atoms with Crippen LogP contribution in [0.5, 0.6) is 0 Å². The van der Waals surface area contributed by atoms with Crippen molar-refractivity contribution in [2.45, 2.75) is 25.6 Å². The Morgan fingerprint density at radius 1 is 1.15 bits per heavy atom. The molecular weight excluding hydrogens is 324 g/mol. The maximum Gasteiger partial charge on any atom is 0.242 e. The molecule has 3 aromatic rings. The summed E-state index contributed by atoms with van der Waals surface area (Å²) in [5.41, 5.74) is 4.71. The SMILES string of the molecule is CN(C[C@@H]1Cc2ccccc2CN1C)C(=O)Cn1cnc2ccccc21. The van der Waals surface area contributed by atoms with Crippen molar-refractivity contribution in [1.82, 2.24) is 19.4 Å². The Bertz CT molecular complexity index is 932. The van der Waals surface area contributed by atoms with Crippen molar-refractivity contribution in [3.05, 3.63) is 66.0 Å². The van der Waals surface area contributed by atoms with Crippen molar-refractivity contribution >= 4 is 16.9 Å². The van der Waals surface area contributed by atoms with E-state index in [1.165, 1.54) is 11.1 Å². The van der Waals surface area contributed by atoms with Crippen LogP contribution >= 0.6 is 0 Å². The number of likely N-dealkylation sites (N-methyl/N-ethyl adjacent to an activating group) is 2. The zero-order chi connectivity index (χ0) is 18.1. The molecule has 134 valence electrons. The number of hydrogen-bond donors (Lipinski definition) is 0. The molecule has 4 rings (SSSR count). The number of hydrogen-bond acceptors (Lipinski definition) is 3. The fraction of sp³-hybridized carbons (Fsp3) is 0.333. The van der Waals surface area contributed by atoms with Gasteiger partial charge in [-0.3, -0.25) is 9.69 Å². The fourth-order valence-electron chi connectivity index (χ4n) is 3.74. The van der Waals surface area contributed by atoms with E-state index in [-0.39, 0.29) is 5.91 Å². The second-order valence-electron chi connectivity index (χ2n) is 7.18. The number of aromatic nitrogens is 2. The van der Waals surface area contributed by atoms with Crippen LogP contribution in [0, 0.1) is 0 Å². The third kappa shape index (κ3) is 3.22. The Labute approximate surface area is 153 Å². The molecule has 0 N–H and O–H groups in total. The Morgan fingerprint density at radius 3 is 2.73 bits per heavy atom. The van der Waals surface area contributed by atoms with Crippen LogP contribution in [0.3, 0.4) is 0 Å². The average molecular weight is 348 g/mol. The molecule has 1 atom stereocenters. The van der Waals surface area contributed by atoms with Crippen LogP contribution in [0.15, 0.2) is 54.9 Å². The van der Waals surface area contributed by atoms with Gasteiger partial charge in [0.2, 0.25) is 5.91 Å². The molecule has 2 heterocycles. The van der Waals surface area contributed by atoms with E-state index < -0.39 is 0 Å². The van der Waals surface area contributed by atoms with Crippen LogP contribution in [0.1, 0.15) is 11.1 Å². The number of para-hydroxylation sites is 2. The minimum Gasteiger partial charge on any atom is -0.343 e. The van der Waals surface area contributed by atoms with Crippen molar-refractivity contribution in [2.75, 3.05) is 20.6 Å². The molecule has 5 nitrogen and oxygen atoms in total. The Morgan fingerprint density at radius 2 is 1.88 bits per heavy atom. The van der Waals surface area contributed by atoms with Gasteiger partial charge in [0, 0.05) is 26.2 Å². The number of rotatable bonds is 4. The lowest BCUT2D eigenvalue weighted by Crippen LogP contribution is -2.46. The molecule has 0 saturated heterocycles. The van der Waals surface area contributed by atoms with Crippen LogP contribution in [-0.2, 0) is 24.3 Å². The van der Waals surface area contributed by atoms with Crippen LogP contribution < -0.4 is 0 Å². The highest BCUT2D eigenvalue weighted by Gasteiger charge is 2.25. The molecule has 0 radical (unpaired) electrons. The summed E-state index contributed by atoms with van der Waals surface area (Å²) < 4.78 is 1.92. The van der Waals surface area contributed by atoms with Gasteiger partial charge in [0.1, 0.15) is 6.54 Å².